The molecule has 144 valence electrons. The summed E-state index contributed by atoms with van der Waals surface area (Å²) in [4.78, 5) is 33.3. The second kappa shape index (κ2) is 8.88. The second-order valence-corrected chi connectivity index (χ2v) is 6.56. The van der Waals surface area contributed by atoms with Crippen molar-refractivity contribution in [1.82, 2.24) is 5.32 Å². The third-order valence-electron chi connectivity index (χ3n) is 3.15. The average molecular weight is 369 g/mol. The minimum Gasteiger partial charge on any atom is -0.508 e. The maximum absolute atomic E-state index is 11.7. The van der Waals surface area contributed by atoms with Crippen LogP contribution in [0.25, 0.3) is 0 Å². The molecule has 0 saturated carbocycles. The number of aliphatic carboxylic acids is 1. The van der Waals surface area contributed by atoms with Crippen molar-refractivity contribution >= 4 is 23.4 Å². The van der Waals surface area contributed by atoms with Gasteiger partial charge in [0.2, 0.25) is 0 Å². The molecule has 4 N–H and O–H groups in total. The Kier molecular flexibility index (Phi) is 7.17. The van der Waals surface area contributed by atoms with Crippen molar-refractivity contribution in [2.24, 2.45) is 0 Å². The number of carbonyl (C=O) groups is 2. The zero-order valence-electron chi connectivity index (χ0n) is 14.8. The number of hydrogen-bond acceptors (Lipinski definition) is 7. The first-order valence-corrected chi connectivity index (χ1v) is 7.93. The molecule has 0 saturated heterocycles. The van der Waals surface area contributed by atoms with Crippen LogP contribution in [0, 0.1) is 10.1 Å². The number of carboxylic acid groups (broad SMARTS) is 1. The van der Waals surface area contributed by atoms with Crippen LogP contribution in [0.4, 0.5) is 16.2 Å². The quantitative estimate of drug-likeness (QED) is 0.310. The first kappa shape index (κ1) is 21.0. The number of alkyl carbamates (subject to hydrolysis) is 1. The van der Waals surface area contributed by atoms with Crippen molar-refractivity contribution in [2.45, 2.75) is 45.3 Å². The molecule has 10 nitrogen and oxygen atoms in total. The van der Waals surface area contributed by atoms with E-state index in [2.05, 4.69) is 10.6 Å². The standard InChI is InChI=1S/C16H23N3O7/c1-16(2,3)26-15(23)18-11(14(21)22)5-4-8-17-12-9-10(20)6-7-13(12)19(24)25/h6-7,9,11,17,20H,4-5,8H2,1-3H3,(H,18,23)(H,21,22)/t11-/m0/s1. The summed E-state index contributed by atoms with van der Waals surface area (Å²) in [6.45, 7) is 5.20. The molecular formula is C16H23N3O7. The molecule has 0 radical (unpaired) electrons. The fourth-order valence-corrected chi connectivity index (χ4v) is 2.06. The Hall–Kier alpha value is -3.04. The molecule has 0 spiro atoms. The molecule has 0 aromatic heterocycles. The van der Waals surface area contributed by atoms with E-state index in [1.165, 1.54) is 18.2 Å². The van der Waals surface area contributed by atoms with Crippen molar-refractivity contribution in [1.29, 1.82) is 0 Å². The maximum atomic E-state index is 11.7. The molecule has 1 rings (SSSR count). The van der Waals surface area contributed by atoms with E-state index in [9.17, 15) is 29.9 Å². The molecule has 0 aliphatic carbocycles. The number of hydrogen-bond donors (Lipinski definition) is 4. The summed E-state index contributed by atoms with van der Waals surface area (Å²) in [5, 5.41) is 34.6. The average Bonchev–Trinajstić information content (AvgIpc) is 2.47. The zero-order valence-corrected chi connectivity index (χ0v) is 14.8. The van der Waals surface area contributed by atoms with E-state index in [1.54, 1.807) is 20.8 Å². The molecule has 26 heavy (non-hydrogen) atoms. The van der Waals surface area contributed by atoms with E-state index in [1.807, 2.05) is 0 Å². The van der Waals surface area contributed by atoms with Crippen LogP contribution < -0.4 is 10.6 Å². The number of carbonyl (C=O) groups excluding carboxylic acids is 1. The Morgan fingerprint density at radius 1 is 1.35 bits per heavy atom. The van der Waals surface area contributed by atoms with E-state index in [0.29, 0.717) is 6.42 Å². The molecule has 0 aliphatic heterocycles. The summed E-state index contributed by atoms with van der Waals surface area (Å²) in [7, 11) is 0. The number of nitro groups is 1. The fourth-order valence-electron chi connectivity index (χ4n) is 2.06. The van der Waals surface area contributed by atoms with E-state index in [0.717, 1.165) is 0 Å². The van der Waals surface area contributed by atoms with Gasteiger partial charge in [-0.3, -0.25) is 10.1 Å². The van der Waals surface area contributed by atoms with Crippen molar-refractivity contribution in [3.05, 3.63) is 28.3 Å². The minimum atomic E-state index is -1.21. The number of carboxylic acids is 1. The summed E-state index contributed by atoms with van der Waals surface area (Å²) in [6.07, 6.45) is -0.435. The number of rotatable bonds is 8. The summed E-state index contributed by atoms with van der Waals surface area (Å²) < 4.78 is 5.02. The Labute approximate surface area is 150 Å². The Bertz CT molecular complexity index is 670. The number of nitrogens with one attached hydrogen (secondary N) is 2. The number of aromatic hydroxyl groups is 1. The molecule has 1 aromatic carbocycles. The van der Waals surface area contributed by atoms with Gasteiger partial charge in [0, 0.05) is 18.7 Å². The predicted molar refractivity (Wildman–Crippen MR) is 93.3 cm³/mol. The van der Waals surface area contributed by atoms with E-state index in [4.69, 9.17) is 4.74 Å². The van der Waals surface area contributed by atoms with Crippen LogP contribution in [0.2, 0.25) is 0 Å². The lowest BCUT2D eigenvalue weighted by atomic mass is 10.1. The zero-order chi connectivity index (χ0) is 19.9. The van der Waals surface area contributed by atoms with E-state index >= 15 is 0 Å². The second-order valence-electron chi connectivity index (χ2n) is 6.56. The van der Waals surface area contributed by atoms with Crippen molar-refractivity contribution in [2.75, 3.05) is 11.9 Å². The molecule has 1 amide bonds. The molecule has 10 heteroatoms. The fraction of sp³-hybridized carbons (Fsp3) is 0.500. The Balaban J connectivity index is 2.57. The van der Waals surface area contributed by atoms with Gasteiger partial charge < -0.3 is 25.6 Å². The maximum Gasteiger partial charge on any atom is 0.408 e. The molecule has 1 atom stereocenters. The van der Waals surface area contributed by atoms with Crippen molar-refractivity contribution in [3.63, 3.8) is 0 Å². The number of benzene rings is 1. The van der Waals surface area contributed by atoms with E-state index < -0.39 is 28.6 Å². The van der Waals surface area contributed by atoms with Crippen LogP contribution in [-0.4, -0.2) is 45.4 Å². The molecule has 0 aliphatic rings. The van der Waals surface area contributed by atoms with Crippen LogP contribution in [0.5, 0.6) is 5.75 Å². The van der Waals surface area contributed by atoms with E-state index in [-0.39, 0.29) is 30.1 Å². The monoisotopic (exact) mass is 369 g/mol. The lowest BCUT2D eigenvalue weighted by Crippen LogP contribution is -2.43. The van der Waals surface area contributed by atoms with Crippen molar-refractivity contribution in [3.8, 4) is 5.75 Å². The SMILES string of the molecule is CC(C)(C)OC(=O)N[C@@H](CCCNc1cc(O)ccc1[N+](=O)[O-])C(=O)O. The highest BCUT2D eigenvalue weighted by atomic mass is 16.6. The first-order valence-electron chi connectivity index (χ1n) is 7.93. The highest BCUT2D eigenvalue weighted by Crippen LogP contribution is 2.28. The summed E-state index contributed by atoms with van der Waals surface area (Å²) in [6, 6.07) is 2.44. The number of nitrogens with zero attached hydrogens (tertiary/aromatic N) is 1. The van der Waals surface area contributed by atoms with Gasteiger partial charge >= 0.3 is 12.1 Å². The largest absolute Gasteiger partial charge is 0.508 e. The predicted octanol–water partition coefficient (Wildman–Crippen LogP) is 2.47. The highest BCUT2D eigenvalue weighted by molar-refractivity contribution is 5.80. The number of amides is 1. The number of nitro benzene ring substituents is 1. The van der Waals surface area contributed by atoms with Gasteiger partial charge in [0.25, 0.3) is 5.69 Å². The molecule has 0 heterocycles. The number of phenolic OH excluding ortho intramolecular Hbond substituents is 1. The van der Waals surface area contributed by atoms with Gasteiger partial charge in [0.05, 0.1) is 4.92 Å². The van der Waals surface area contributed by atoms with Gasteiger partial charge in [-0.25, -0.2) is 9.59 Å². The topological polar surface area (TPSA) is 151 Å². The summed E-state index contributed by atoms with van der Waals surface area (Å²) in [5.41, 5.74) is -0.824. The third-order valence-corrected chi connectivity index (χ3v) is 3.15. The number of ether oxygens (including phenoxy) is 1. The third kappa shape index (κ3) is 7.24. The summed E-state index contributed by atoms with van der Waals surface area (Å²) in [5.74, 6) is -1.34. The molecule has 0 unspecified atom stereocenters. The number of phenols is 1. The minimum absolute atomic E-state index is 0.0915. The van der Waals surface area contributed by atoms with Crippen LogP contribution in [-0.2, 0) is 9.53 Å². The molecule has 1 aromatic rings. The van der Waals surface area contributed by atoms with Gasteiger partial charge in [-0.15, -0.1) is 0 Å². The van der Waals surface area contributed by atoms with Crippen LogP contribution in [0.3, 0.4) is 0 Å². The normalized spacial score (nSPS) is 12.1. The van der Waals surface area contributed by atoms with Crippen LogP contribution in [0.1, 0.15) is 33.6 Å². The molecular weight excluding hydrogens is 346 g/mol. The van der Waals surface area contributed by atoms with Gasteiger partial charge in [-0.1, -0.05) is 0 Å². The molecule has 0 bridgehead atoms. The lowest BCUT2D eigenvalue weighted by molar-refractivity contribution is -0.384. The highest BCUT2D eigenvalue weighted by Gasteiger charge is 2.23. The first-order chi connectivity index (χ1) is 12.0. The number of anilines is 1. The Morgan fingerprint density at radius 3 is 2.54 bits per heavy atom. The smallest absolute Gasteiger partial charge is 0.408 e. The van der Waals surface area contributed by atoms with Gasteiger partial charge in [-0.05, 0) is 39.7 Å². The van der Waals surface area contributed by atoms with Crippen molar-refractivity contribution < 1.29 is 29.5 Å². The van der Waals surface area contributed by atoms with Gasteiger partial charge in [0.1, 0.15) is 23.1 Å². The Morgan fingerprint density at radius 2 is 2.00 bits per heavy atom. The van der Waals surface area contributed by atoms with Crippen LogP contribution >= 0.6 is 0 Å². The lowest BCUT2D eigenvalue weighted by Gasteiger charge is -2.22. The summed E-state index contributed by atoms with van der Waals surface area (Å²) >= 11 is 0. The molecule has 0 fully saturated rings. The van der Waals surface area contributed by atoms with Gasteiger partial charge in [-0.2, -0.15) is 0 Å². The van der Waals surface area contributed by atoms with Gasteiger partial charge in [0.15, 0.2) is 0 Å². The van der Waals surface area contributed by atoms with Crippen LogP contribution in [0.15, 0.2) is 18.2 Å².